The van der Waals surface area contributed by atoms with Crippen LogP contribution in [0.1, 0.15) is 48.5 Å². The van der Waals surface area contributed by atoms with E-state index in [9.17, 15) is 14.4 Å². The lowest BCUT2D eigenvalue weighted by molar-refractivity contribution is -0.129. The lowest BCUT2D eigenvalue weighted by Crippen LogP contribution is -2.49. The van der Waals surface area contributed by atoms with Crippen molar-refractivity contribution in [1.82, 2.24) is 10.6 Å². The molecule has 1 aliphatic rings. The number of nitrogens with two attached hydrogens (primary N) is 1. The van der Waals surface area contributed by atoms with Gasteiger partial charge in [0.2, 0.25) is 17.7 Å². The van der Waals surface area contributed by atoms with Crippen LogP contribution in [0.15, 0.2) is 24.3 Å². The van der Waals surface area contributed by atoms with Crippen molar-refractivity contribution < 1.29 is 14.4 Å². The van der Waals surface area contributed by atoms with Crippen molar-refractivity contribution in [2.24, 2.45) is 11.7 Å². The van der Waals surface area contributed by atoms with Crippen LogP contribution >= 0.6 is 0 Å². The second-order valence-corrected chi connectivity index (χ2v) is 6.01. The fraction of sp³-hybridized carbons (Fsp3) is 0.471. The Balaban J connectivity index is 1.99. The first kappa shape index (κ1) is 17.0. The molecule has 1 aromatic carbocycles. The van der Waals surface area contributed by atoms with Crippen LogP contribution in [-0.2, 0) is 16.1 Å². The van der Waals surface area contributed by atoms with Crippen LogP contribution in [-0.4, -0.2) is 23.8 Å². The Bertz CT molecular complexity index is 595. The van der Waals surface area contributed by atoms with Gasteiger partial charge in [-0.05, 0) is 36.5 Å². The Morgan fingerprint density at radius 1 is 1.26 bits per heavy atom. The molecule has 0 aliphatic heterocycles. The topological polar surface area (TPSA) is 101 Å². The fourth-order valence-corrected chi connectivity index (χ4v) is 3.04. The number of benzene rings is 1. The summed E-state index contributed by atoms with van der Waals surface area (Å²) in [5.74, 6) is -0.694. The highest BCUT2D eigenvalue weighted by Crippen LogP contribution is 2.27. The van der Waals surface area contributed by atoms with E-state index >= 15 is 0 Å². The number of carbonyl (C=O) groups is 3. The fourth-order valence-electron chi connectivity index (χ4n) is 3.04. The molecule has 0 radical (unpaired) electrons. The van der Waals surface area contributed by atoms with Gasteiger partial charge in [-0.3, -0.25) is 14.4 Å². The lowest BCUT2D eigenvalue weighted by Gasteiger charge is -2.23. The normalized spacial score (nSPS) is 15.9. The summed E-state index contributed by atoms with van der Waals surface area (Å²) >= 11 is 0. The minimum atomic E-state index is -0.500. The van der Waals surface area contributed by atoms with E-state index in [2.05, 4.69) is 10.6 Å². The monoisotopic (exact) mass is 317 g/mol. The van der Waals surface area contributed by atoms with Crippen LogP contribution in [0.5, 0.6) is 0 Å². The summed E-state index contributed by atoms with van der Waals surface area (Å²) < 4.78 is 0. The molecule has 1 saturated carbocycles. The molecule has 2 rings (SSSR count). The number of rotatable bonds is 6. The van der Waals surface area contributed by atoms with Gasteiger partial charge in [0.05, 0.1) is 0 Å². The molecule has 0 heterocycles. The second-order valence-electron chi connectivity index (χ2n) is 6.01. The molecule has 0 bridgehead atoms. The van der Waals surface area contributed by atoms with Gasteiger partial charge < -0.3 is 16.4 Å². The Hall–Kier alpha value is -2.37. The molecule has 1 unspecified atom stereocenters. The molecule has 124 valence electrons. The highest BCUT2D eigenvalue weighted by Gasteiger charge is 2.31. The van der Waals surface area contributed by atoms with Gasteiger partial charge in [0.15, 0.2) is 0 Å². The molecule has 23 heavy (non-hydrogen) atoms. The minimum absolute atomic E-state index is 0.184. The third-order valence-electron chi connectivity index (χ3n) is 4.19. The maximum Gasteiger partial charge on any atom is 0.248 e. The number of primary amides is 1. The van der Waals surface area contributed by atoms with Gasteiger partial charge in [-0.15, -0.1) is 0 Å². The van der Waals surface area contributed by atoms with E-state index < -0.39 is 11.9 Å². The maximum absolute atomic E-state index is 12.4. The van der Waals surface area contributed by atoms with E-state index in [0.717, 1.165) is 31.2 Å². The van der Waals surface area contributed by atoms with Crippen LogP contribution in [0.4, 0.5) is 0 Å². The summed E-state index contributed by atoms with van der Waals surface area (Å²) in [6.07, 6.45) is 4.09. The first-order valence-electron chi connectivity index (χ1n) is 7.91. The molecule has 6 nitrogen and oxygen atoms in total. The zero-order chi connectivity index (χ0) is 16.8. The Labute approximate surface area is 135 Å². The van der Waals surface area contributed by atoms with Crippen LogP contribution in [0, 0.1) is 5.92 Å². The van der Waals surface area contributed by atoms with Crippen molar-refractivity contribution in [3.8, 4) is 0 Å². The first-order valence-corrected chi connectivity index (χ1v) is 7.91. The highest BCUT2D eigenvalue weighted by atomic mass is 16.2. The molecule has 4 N–H and O–H groups in total. The van der Waals surface area contributed by atoms with E-state index in [1.165, 1.54) is 6.92 Å². The molecule has 1 fully saturated rings. The average Bonchev–Trinajstić information content (AvgIpc) is 3.04. The van der Waals surface area contributed by atoms with Gasteiger partial charge in [0.25, 0.3) is 0 Å². The number of hydrogen-bond acceptors (Lipinski definition) is 3. The zero-order valence-electron chi connectivity index (χ0n) is 13.3. The Morgan fingerprint density at radius 3 is 2.57 bits per heavy atom. The Morgan fingerprint density at radius 2 is 1.96 bits per heavy atom. The molecule has 1 aromatic rings. The van der Waals surface area contributed by atoms with Gasteiger partial charge in [-0.2, -0.15) is 0 Å². The van der Waals surface area contributed by atoms with Gasteiger partial charge >= 0.3 is 0 Å². The lowest BCUT2D eigenvalue weighted by atomic mass is 9.97. The SMILES string of the molecule is CC(=O)NC(C(=O)NCc1cccc(C(N)=O)c1)C1CCCC1. The maximum atomic E-state index is 12.4. The molecule has 3 amide bonds. The minimum Gasteiger partial charge on any atom is -0.366 e. The number of amides is 3. The summed E-state index contributed by atoms with van der Waals surface area (Å²) in [4.78, 5) is 35.0. The summed E-state index contributed by atoms with van der Waals surface area (Å²) in [5.41, 5.74) is 6.45. The number of carbonyl (C=O) groups excluding carboxylic acids is 3. The van der Waals surface area contributed by atoms with Crippen LogP contribution in [0.25, 0.3) is 0 Å². The van der Waals surface area contributed by atoms with Crippen LogP contribution in [0.2, 0.25) is 0 Å². The van der Waals surface area contributed by atoms with Crippen molar-refractivity contribution in [2.45, 2.75) is 45.2 Å². The molecule has 0 saturated heterocycles. The van der Waals surface area contributed by atoms with Crippen LogP contribution < -0.4 is 16.4 Å². The standard InChI is InChI=1S/C17H23N3O3/c1-11(21)20-15(13-6-2-3-7-13)17(23)19-10-12-5-4-8-14(9-12)16(18)22/h4-5,8-9,13,15H,2-3,6-7,10H2,1H3,(H2,18,22)(H,19,23)(H,20,21). The Kier molecular flexibility index (Phi) is 5.73. The average molecular weight is 317 g/mol. The third-order valence-corrected chi connectivity index (χ3v) is 4.19. The van der Waals surface area contributed by atoms with Gasteiger partial charge in [0.1, 0.15) is 6.04 Å². The van der Waals surface area contributed by atoms with E-state index in [-0.39, 0.29) is 17.7 Å². The third kappa shape index (κ3) is 4.81. The predicted molar refractivity (Wildman–Crippen MR) is 86.4 cm³/mol. The second kappa shape index (κ2) is 7.76. The zero-order valence-corrected chi connectivity index (χ0v) is 13.3. The summed E-state index contributed by atoms with van der Waals surface area (Å²) in [7, 11) is 0. The molecule has 0 spiro atoms. The summed E-state index contributed by atoms with van der Waals surface area (Å²) in [6.45, 7) is 1.72. The molecule has 0 aromatic heterocycles. The summed E-state index contributed by atoms with van der Waals surface area (Å²) in [5, 5.41) is 5.60. The molecule has 1 aliphatic carbocycles. The van der Waals surface area contributed by atoms with Gasteiger partial charge in [0, 0.05) is 19.0 Å². The van der Waals surface area contributed by atoms with Crippen molar-refractivity contribution >= 4 is 17.7 Å². The van der Waals surface area contributed by atoms with E-state index in [1.807, 2.05) is 6.07 Å². The van der Waals surface area contributed by atoms with Crippen LogP contribution in [0.3, 0.4) is 0 Å². The largest absolute Gasteiger partial charge is 0.366 e. The smallest absolute Gasteiger partial charge is 0.248 e. The molecular formula is C17H23N3O3. The highest BCUT2D eigenvalue weighted by molar-refractivity contribution is 5.93. The summed E-state index contributed by atoms with van der Waals surface area (Å²) in [6, 6.07) is 6.34. The quantitative estimate of drug-likeness (QED) is 0.732. The van der Waals surface area contributed by atoms with Crippen molar-refractivity contribution in [3.63, 3.8) is 0 Å². The molecular weight excluding hydrogens is 294 g/mol. The first-order chi connectivity index (χ1) is 11.0. The number of hydrogen-bond donors (Lipinski definition) is 3. The van der Waals surface area contributed by atoms with E-state index in [4.69, 9.17) is 5.73 Å². The van der Waals surface area contributed by atoms with Crippen molar-refractivity contribution in [2.75, 3.05) is 0 Å². The van der Waals surface area contributed by atoms with E-state index in [1.54, 1.807) is 18.2 Å². The van der Waals surface area contributed by atoms with Crippen molar-refractivity contribution in [1.29, 1.82) is 0 Å². The predicted octanol–water partition coefficient (Wildman–Crippen LogP) is 1.10. The van der Waals surface area contributed by atoms with Crippen molar-refractivity contribution in [3.05, 3.63) is 35.4 Å². The van der Waals surface area contributed by atoms with Gasteiger partial charge in [-0.1, -0.05) is 25.0 Å². The number of nitrogens with one attached hydrogen (secondary N) is 2. The molecule has 1 atom stereocenters. The molecule has 6 heteroatoms. The van der Waals surface area contributed by atoms with E-state index in [0.29, 0.717) is 12.1 Å². The van der Waals surface area contributed by atoms with Gasteiger partial charge in [-0.25, -0.2) is 0 Å².